The molecule has 0 saturated heterocycles. The second-order valence-corrected chi connectivity index (χ2v) is 6.31. The van der Waals surface area contributed by atoms with Crippen LogP contribution in [0.2, 0.25) is 5.02 Å². The summed E-state index contributed by atoms with van der Waals surface area (Å²) in [7, 11) is 0. The standard InChI is InChI=1S/C20H16ClF2NO2/c1-3-24-19(18-16(22)5-4-6-17(18)23)14(9-11(2)20(24)26)13-10-12(25)7-8-15(13)21/h4-10,25H,3H2,1-2H3. The summed E-state index contributed by atoms with van der Waals surface area (Å²) in [5, 5.41) is 10.1. The third-order valence-electron chi connectivity index (χ3n) is 4.22. The Hall–Kier alpha value is -2.66. The number of rotatable bonds is 3. The van der Waals surface area contributed by atoms with Crippen LogP contribution < -0.4 is 5.56 Å². The number of phenols is 1. The van der Waals surface area contributed by atoms with Crippen LogP contribution in [0.5, 0.6) is 5.75 Å². The van der Waals surface area contributed by atoms with E-state index in [2.05, 4.69) is 0 Å². The van der Waals surface area contributed by atoms with E-state index in [0.29, 0.717) is 21.7 Å². The van der Waals surface area contributed by atoms with E-state index in [4.69, 9.17) is 11.6 Å². The number of hydrogen-bond acceptors (Lipinski definition) is 2. The maximum Gasteiger partial charge on any atom is 0.253 e. The molecule has 26 heavy (non-hydrogen) atoms. The van der Waals surface area contributed by atoms with Crippen LogP contribution in [0, 0.1) is 18.6 Å². The number of hydrogen-bond donors (Lipinski definition) is 1. The topological polar surface area (TPSA) is 42.2 Å². The smallest absolute Gasteiger partial charge is 0.253 e. The number of aromatic nitrogens is 1. The van der Waals surface area contributed by atoms with Crippen molar-refractivity contribution in [1.29, 1.82) is 0 Å². The number of pyridine rings is 1. The number of nitrogens with zero attached hydrogens (tertiary/aromatic N) is 1. The minimum atomic E-state index is -0.784. The third-order valence-corrected chi connectivity index (χ3v) is 4.55. The molecule has 0 fully saturated rings. The maximum absolute atomic E-state index is 14.5. The Labute approximate surface area is 154 Å². The fourth-order valence-corrected chi connectivity index (χ4v) is 3.25. The Kier molecular flexibility index (Phi) is 4.83. The van der Waals surface area contributed by atoms with Gasteiger partial charge in [0, 0.05) is 28.3 Å². The lowest BCUT2D eigenvalue weighted by Crippen LogP contribution is -2.24. The van der Waals surface area contributed by atoms with Gasteiger partial charge in [-0.05, 0) is 50.2 Å². The molecule has 0 amide bonds. The summed E-state index contributed by atoms with van der Waals surface area (Å²) in [4.78, 5) is 12.6. The minimum absolute atomic E-state index is 0.0451. The second kappa shape index (κ2) is 6.92. The minimum Gasteiger partial charge on any atom is -0.508 e. The van der Waals surface area contributed by atoms with Crippen molar-refractivity contribution in [2.75, 3.05) is 0 Å². The molecule has 3 rings (SSSR count). The van der Waals surface area contributed by atoms with Gasteiger partial charge in [0.05, 0.1) is 11.3 Å². The molecular weight excluding hydrogens is 360 g/mol. The second-order valence-electron chi connectivity index (χ2n) is 5.90. The highest BCUT2D eigenvalue weighted by Crippen LogP contribution is 2.39. The lowest BCUT2D eigenvalue weighted by atomic mass is 9.96. The van der Waals surface area contributed by atoms with Crippen LogP contribution >= 0.6 is 11.6 Å². The van der Waals surface area contributed by atoms with Crippen LogP contribution in [0.4, 0.5) is 8.78 Å². The van der Waals surface area contributed by atoms with Crippen molar-refractivity contribution < 1.29 is 13.9 Å². The van der Waals surface area contributed by atoms with Crippen LogP contribution in [0.25, 0.3) is 22.4 Å². The normalized spacial score (nSPS) is 11.0. The predicted octanol–water partition coefficient (Wildman–Crippen LogP) is 5.15. The van der Waals surface area contributed by atoms with Crippen molar-refractivity contribution in [2.24, 2.45) is 0 Å². The molecule has 0 aliphatic carbocycles. The first-order valence-electron chi connectivity index (χ1n) is 8.02. The fourth-order valence-electron chi connectivity index (χ4n) is 3.03. The summed E-state index contributed by atoms with van der Waals surface area (Å²) in [6.45, 7) is 3.56. The van der Waals surface area contributed by atoms with Gasteiger partial charge in [-0.3, -0.25) is 4.79 Å². The molecule has 0 spiro atoms. The van der Waals surface area contributed by atoms with Crippen molar-refractivity contribution >= 4 is 11.6 Å². The van der Waals surface area contributed by atoms with Gasteiger partial charge in [0.2, 0.25) is 0 Å². The summed E-state index contributed by atoms with van der Waals surface area (Å²) in [6.07, 6.45) is 0. The third kappa shape index (κ3) is 2.99. The Morgan fingerprint density at radius 3 is 2.35 bits per heavy atom. The van der Waals surface area contributed by atoms with Gasteiger partial charge in [0.15, 0.2) is 0 Å². The lowest BCUT2D eigenvalue weighted by Gasteiger charge is -2.19. The Bertz CT molecular complexity index is 1040. The largest absolute Gasteiger partial charge is 0.508 e. The van der Waals surface area contributed by atoms with Crippen molar-refractivity contribution in [1.82, 2.24) is 4.57 Å². The fraction of sp³-hybridized carbons (Fsp3) is 0.150. The van der Waals surface area contributed by atoms with E-state index >= 15 is 0 Å². The molecule has 3 nitrogen and oxygen atoms in total. The molecule has 1 aromatic heterocycles. The molecule has 0 radical (unpaired) electrons. The van der Waals surface area contributed by atoms with Crippen molar-refractivity contribution in [2.45, 2.75) is 20.4 Å². The first-order chi connectivity index (χ1) is 12.3. The molecular formula is C20H16ClF2NO2. The van der Waals surface area contributed by atoms with Crippen LogP contribution in [-0.2, 0) is 6.54 Å². The highest BCUT2D eigenvalue weighted by atomic mass is 35.5. The number of aryl methyl sites for hydroxylation is 1. The first kappa shape index (κ1) is 18.1. The van der Waals surface area contributed by atoms with Gasteiger partial charge < -0.3 is 9.67 Å². The van der Waals surface area contributed by atoms with Crippen molar-refractivity contribution in [3.05, 3.63) is 75.0 Å². The number of phenolic OH excluding ortho intramolecular Hbond substituents is 1. The van der Waals surface area contributed by atoms with Gasteiger partial charge >= 0.3 is 0 Å². The zero-order chi connectivity index (χ0) is 19.0. The maximum atomic E-state index is 14.5. The SMILES string of the molecule is CCn1c(-c2c(F)cccc2F)c(-c2cc(O)ccc2Cl)cc(C)c1=O. The van der Waals surface area contributed by atoms with E-state index in [-0.39, 0.29) is 29.1 Å². The van der Waals surface area contributed by atoms with Gasteiger partial charge in [0.1, 0.15) is 17.4 Å². The van der Waals surface area contributed by atoms with Crippen molar-refractivity contribution in [3.8, 4) is 28.1 Å². The molecule has 1 N–H and O–H groups in total. The average molecular weight is 376 g/mol. The molecule has 1 heterocycles. The highest BCUT2D eigenvalue weighted by molar-refractivity contribution is 6.33. The van der Waals surface area contributed by atoms with Crippen molar-refractivity contribution in [3.63, 3.8) is 0 Å². The van der Waals surface area contributed by atoms with E-state index < -0.39 is 11.6 Å². The highest BCUT2D eigenvalue weighted by Gasteiger charge is 2.22. The molecule has 0 aliphatic rings. The lowest BCUT2D eigenvalue weighted by molar-refractivity contribution is 0.475. The van der Waals surface area contributed by atoms with Gasteiger partial charge in [-0.15, -0.1) is 0 Å². The van der Waals surface area contributed by atoms with Crippen LogP contribution in [0.15, 0.2) is 47.3 Å². The van der Waals surface area contributed by atoms with Gasteiger partial charge in [0.25, 0.3) is 5.56 Å². The molecule has 0 atom stereocenters. The number of aromatic hydroxyl groups is 1. The average Bonchev–Trinajstić information content (AvgIpc) is 2.60. The molecule has 134 valence electrons. The molecule has 0 unspecified atom stereocenters. The quantitative estimate of drug-likeness (QED) is 0.688. The van der Waals surface area contributed by atoms with Crippen LogP contribution in [0.1, 0.15) is 12.5 Å². The Balaban J connectivity index is 2.52. The van der Waals surface area contributed by atoms with E-state index in [1.165, 1.54) is 34.9 Å². The molecule has 0 bridgehead atoms. The van der Waals surface area contributed by atoms with E-state index in [0.717, 1.165) is 12.1 Å². The number of halogens is 3. The summed E-state index contributed by atoms with van der Waals surface area (Å²) in [6, 6.07) is 9.38. The summed E-state index contributed by atoms with van der Waals surface area (Å²) in [5.41, 5.74) is 0.600. The van der Waals surface area contributed by atoms with Gasteiger partial charge in [-0.1, -0.05) is 17.7 Å². The molecule has 2 aromatic carbocycles. The van der Waals surface area contributed by atoms with E-state index in [1.807, 2.05) is 0 Å². The molecule has 3 aromatic rings. The molecule has 0 aliphatic heterocycles. The Morgan fingerprint density at radius 1 is 1.08 bits per heavy atom. The predicted molar refractivity (Wildman–Crippen MR) is 98.6 cm³/mol. The van der Waals surface area contributed by atoms with Crippen LogP contribution in [-0.4, -0.2) is 9.67 Å². The van der Waals surface area contributed by atoms with E-state index in [1.54, 1.807) is 13.8 Å². The van der Waals surface area contributed by atoms with E-state index in [9.17, 15) is 18.7 Å². The monoisotopic (exact) mass is 375 g/mol. The first-order valence-corrected chi connectivity index (χ1v) is 8.40. The van der Waals surface area contributed by atoms with Crippen LogP contribution in [0.3, 0.4) is 0 Å². The summed E-state index contributed by atoms with van der Waals surface area (Å²) < 4.78 is 30.4. The van der Waals surface area contributed by atoms with Gasteiger partial charge in [-0.25, -0.2) is 8.78 Å². The zero-order valence-corrected chi connectivity index (χ0v) is 14.9. The zero-order valence-electron chi connectivity index (χ0n) is 14.2. The summed E-state index contributed by atoms with van der Waals surface area (Å²) >= 11 is 6.27. The Morgan fingerprint density at radius 2 is 1.73 bits per heavy atom. The molecule has 6 heteroatoms. The summed E-state index contributed by atoms with van der Waals surface area (Å²) in [5.74, 6) is -1.61. The number of benzene rings is 2. The van der Waals surface area contributed by atoms with Gasteiger partial charge in [-0.2, -0.15) is 0 Å². The molecule has 0 saturated carbocycles.